The van der Waals surface area contributed by atoms with Gasteiger partial charge in [-0.05, 0) is 79.5 Å². The van der Waals surface area contributed by atoms with Crippen LogP contribution in [0.15, 0.2) is 56.9 Å². The number of nitrogens with one attached hydrogen (secondary N) is 1. The number of hydrogen-bond acceptors (Lipinski definition) is 8. The van der Waals surface area contributed by atoms with Crippen molar-refractivity contribution in [1.82, 2.24) is 15.4 Å². The number of sulfonamides is 1. The molecule has 6 rings (SSSR count). The number of methoxy groups -OCH3 is 1. The van der Waals surface area contributed by atoms with E-state index in [2.05, 4.69) is 17.4 Å². The molecule has 1 spiro atoms. The summed E-state index contributed by atoms with van der Waals surface area (Å²) in [6, 6.07) is 12.9. The monoisotopic (exact) mass is 745 g/mol. The Hall–Kier alpha value is -4.03. The number of unbranched alkanes of at least 4 members (excludes halogenated alkanes) is 1. The molecule has 1 unspecified atom stereocenters. The number of amidine groups is 1. The number of anilines is 1. The summed E-state index contributed by atoms with van der Waals surface area (Å²) in [5, 5.41) is 7.07. The van der Waals surface area contributed by atoms with Gasteiger partial charge in [0, 0.05) is 37.6 Å². The molecule has 11 nitrogen and oxygen atoms in total. The minimum atomic E-state index is -4.23. The standard InChI is InChI=1S/C41H55N5O6S/c1-8-9-16-35-43-41(21-12-13-22-41)39(48)45(35)25-28-17-20-31(30(23-28)24-33(38(47)42-6)40(3,4)5)32-14-10-11-15-34(32)53(49,50)46(26-51-7)37-36(29-18-19-29)27(2)52-44-37/h10-11,14-15,17,20,23,29,33H,8-9,12-13,16,18-19,21-22,24-26H2,1-7H3,(H,42,47). The lowest BCUT2D eigenvalue weighted by Crippen LogP contribution is -2.40. The molecule has 2 amide bonds. The van der Waals surface area contributed by atoms with Gasteiger partial charge in [-0.3, -0.25) is 19.5 Å². The second kappa shape index (κ2) is 15.4. The third kappa shape index (κ3) is 7.67. The van der Waals surface area contributed by atoms with Gasteiger partial charge in [0.2, 0.25) is 5.91 Å². The molecule has 53 heavy (non-hydrogen) atoms. The summed E-state index contributed by atoms with van der Waals surface area (Å²) in [4.78, 5) is 34.5. The third-order valence-electron chi connectivity index (χ3n) is 11.1. The zero-order valence-electron chi connectivity index (χ0n) is 32.3. The second-order valence-corrected chi connectivity index (χ2v) is 17.8. The SMILES string of the molecule is CCCCC1=NC2(CCCC2)C(=O)N1Cc1ccc(-c2ccccc2S(=O)(=O)N(COC)c2noc(C)c2C2CC2)c(CC(C(=O)NC)C(C)(C)C)c1. The highest BCUT2D eigenvalue weighted by Gasteiger charge is 2.49. The molecule has 0 radical (unpaired) electrons. The highest BCUT2D eigenvalue weighted by molar-refractivity contribution is 7.93. The smallest absolute Gasteiger partial charge is 0.268 e. The van der Waals surface area contributed by atoms with Crippen LogP contribution in [0.1, 0.15) is 114 Å². The predicted octanol–water partition coefficient (Wildman–Crippen LogP) is 7.52. The molecule has 0 bridgehead atoms. The average Bonchev–Trinajstić information content (AvgIpc) is 3.63. The fourth-order valence-corrected chi connectivity index (χ4v) is 9.58. The number of amides is 2. The van der Waals surface area contributed by atoms with Crippen LogP contribution in [-0.2, 0) is 37.3 Å². The number of carbonyl (C=O) groups excluding carboxylic acids is 2. The van der Waals surface area contributed by atoms with Gasteiger partial charge in [0.25, 0.3) is 15.9 Å². The van der Waals surface area contributed by atoms with E-state index in [9.17, 15) is 18.0 Å². The Morgan fingerprint density at radius 3 is 2.49 bits per heavy atom. The molecular formula is C41H55N5O6S. The van der Waals surface area contributed by atoms with Gasteiger partial charge in [-0.25, -0.2) is 12.7 Å². The van der Waals surface area contributed by atoms with Gasteiger partial charge >= 0.3 is 0 Å². The number of aromatic nitrogens is 1. The van der Waals surface area contributed by atoms with E-state index in [1.165, 1.54) is 11.4 Å². The van der Waals surface area contributed by atoms with Gasteiger partial charge in [-0.1, -0.05) is 88.5 Å². The van der Waals surface area contributed by atoms with E-state index in [0.29, 0.717) is 29.9 Å². The molecule has 0 saturated heterocycles. The van der Waals surface area contributed by atoms with Crippen LogP contribution < -0.4 is 9.62 Å². The highest BCUT2D eigenvalue weighted by Crippen LogP contribution is 2.47. The van der Waals surface area contributed by atoms with Gasteiger partial charge < -0.3 is 14.6 Å². The van der Waals surface area contributed by atoms with Crippen molar-refractivity contribution in [2.75, 3.05) is 25.2 Å². The molecule has 3 aliphatic rings. The quantitative estimate of drug-likeness (QED) is 0.159. The Labute approximate surface area is 314 Å². The van der Waals surface area contributed by atoms with Crippen LogP contribution in [-0.4, -0.2) is 62.6 Å². The maximum absolute atomic E-state index is 14.8. The van der Waals surface area contributed by atoms with Crippen LogP contribution in [0.5, 0.6) is 0 Å². The van der Waals surface area contributed by atoms with Gasteiger partial charge in [0.1, 0.15) is 23.9 Å². The summed E-state index contributed by atoms with van der Waals surface area (Å²) in [5.41, 5.74) is 2.65. The van der Waals surface area contributed by atoms with E-state index in [-0.39, 0.29) is 35.2 Å². The molecule has 2 fully saturated rings. The Morgan fingerprint density at radius 2 is 1.85 bits per heavy atom. The van der Waals surface area contributed by atoms with E-state index < -0.39 is 26.9 Å². The first kappa shape index (κ1) is 38.7. The van der Waals surface area contributed by atoms with Crippen LogP contribution in [0.3, 0.4) is 0 Å². The molecule has 286 valence electrons. The Bertz CT molecular complexity index is 1970. The van der Waals surface area contributed by atoms with E-state index in [1.54, 1.807) is 19.2 Å². The van der Waals surface area contributed by atoms with Crippen molar-refractivity contribution in [2.24, 2.45) is 16.3 Å². The maximum Gasteiger partial charge on any atom is 0.268 e. The maximum atomic E-state index is 14.8. The molecule has 1 atom stereocenters. The first-order valence-corrected chi connectivity index (χ1v) is 20.5. The lowest BCUT2D eigenvalue weighted by atomic mass is 9.75. The minimum absolute atomic E-state index is 0.0768. The van der Waals surface area contributed by atoms with Crippen LogP contribution in [0.25, 0.3) is 11.1 Å². The van der Waals surface area contributed by atoms with Gasteiger partial charge in [0.15, 0.2) is 5.82 Å². The summed E-state index contributed by atoms with van der Waals surface area (Å²) < 4.78 is 41.8. The molecule has 1 aromatic heterocycles. The van der Waals surface area contributed by atoms with Crippen molar-refractivity contribution in [3.05, 3.63) is 64.9 Å². The lowest BCUT2D eigenvalue weighted by Gasteiger charge is -2.30. The summed E-state index contributed by atoms with van der Waals surface area (Å²) >= 11 is 0. The number of aryl methyl sites for hydroxylation is 1. The topological polar surface area (TPSA) is 134 Å². The van der Waals surface area contributed by atoms with Gasteiger partial charge in [-0.2, -0.15) is 0 Å². The lowest BCUT2D eigenvalue weighted by molar-refractivity contribution is -0.131. The molecule has 3 aromatic rings. The van der Waals surface area contributed by atoms with Crippen LogP contribution in [0.2, 0.25) is 0 Å². The van der Waals surface area contributed by atoms with E-state index in [0.717, 1.165) is 80.3 Å². The van der Waals surface area contributed by atoms with E-state index in [1.807, 2.05) is 62.9 Å². The number of benzene rings is 2. The number of aliphatic imine (C=N–C) groups is 1. The molecule has 2 aromatic carbocycles. The Morgan fingerprint density at radius 1 is 1.13 bits per heavy atom. The Balaban J connectivity index is 1.45. The zero-order chi connectivity index (χ0) is 38.1. The second-order valence-electron chi connectivity index (χ2n) is 16.0. The third-order valence-corrected chi connectivity index (χ3v) is 12.9. The number of ether oxygens (including phenoxy) is 1. The predicted molar refractivity (Wildman–Crippen MR) is 206 cm³/mol. The van der Waals surface area contributed by atoms with Crippen molar-refractivity contribution in [3.63, 3.8) is 0 Å². The fourth-order valence-electron chi connectivity index (χ4n) is 8.03. The zero-order valence-corrected chi connectivity index (χ0v) is 33.1. The molecule has 2 aliphatic carbocycles. The van der Waals surface area contributed by atoms with Crippen LogP contribution in [0, 0.1) is 18.3 Å². The van der Waals surface area contributed by atoms with Crippen LogP contribution in [0.4, 0.5) is 5.82 Å². The summed E-state index contributed by atoms with van der Waals surface area (Å²) in [6.07, 6.45) is 8.49. The number of hydrogen-bond donors (Lipinski definition) is 1. The van der Waals surface area contributed by atoms with Crippen molar-refractivity contribution < 1.29 is 27.3 Å². The molecule has 2 saturated carbocycles. The molecular weight excluding hydrogens is 691 g/mol. The number of nitrogens with zero attached hydrogens (tertiary/aromatic N) is 4. The van der Waals surface area contributed by atoms with E-state index >= 15 is 0 Å². The summed E-state index contributed by atoms with van der Waals surface area (Å²) in [5.74, 6) is 1.45. The van der Waals surface area contributed by atoms with Crippen molar-refractivity contribution in [3.8, 4) is 11.1 Å². The number of carbonyl (C=O) groups is 2. The summed E-state index contributed by atoms with van der Waals surface area (Å²) in [7, 11) is -1.13. The van der Waals surface area contributed by atoms with Gasteiger partial charge in [0.05, 0.1) is 11.4 Å². The Kier molecular flexibility index (Phi) is 11.2. The van der Waals surface area contributed by atoms with Gasteiger partial charge in [-0.15, -0.1) is 0 Å². The van der Waals surface area contributed by atoms with Crippen molar-refractivity contribution >= 4 is 33.5 Å². The average molecular weight is 746 g/mol. The first-order chi connectivity index (χ1) is 25.3. The molecule has 1 aliphatic heterocycles. The van der Waals surface area contributed by atoms with E-state index in [4.69, 9.17) is 14.3 Å². The summed E-state index contributed by atoms with van der Waals surface area (Å²) in [6.45, 7) is 10.2. The normalized spacial score (nSPS) is 17.8. The number of rotatable bonds is 15. The minimum Gasteiger partial charge on any atom is -0.363 e. The largest absolute Gasteiger partial charge is 0.363 e. The van der Waals surface area contributed by atoms with Crippen LogP contribution >= 0.6 is 0 Å². The fraction of sp³-hybridized carbons (Fsp3) is 0.561. The van der Waals surface area contributed by atoms with Crippen molar-refractivity contribution in [2.45, 2.75) is 122 Å². The molecule has 12 heteroatoms. The first-order valence-electron chi connectivity index (χ1n) is 19.1. The highest BCUT2D eigenvalue weighted by atomic mass is 32.2. The molecule has 2 heterocycles. The van der Waals surface area contributed by atoms with Crippen molar-refractivity contribution in [1.29, 1.82) is 0 Å². The molecule has 1 N–H and O–H groups in total.